The van der Waals surface area contributed by atoms with Crippen molar-refractivity contribution in [3.63, 3.8) is 0 Å². The van der Waals surface area contributed by atoms with E-state index in [0.717, 1.165) is 28.8 Å². The summed E-state index contributed by atoms with van der Waals surface area (Å²) in [6.07, 6.45) is 0. The first-order valence-electron chi connectivity index (χ1n) is 5.59. The summed E-state index contributed by atoms with van der Waals surface area (Å²) in [7, 11) is 1.84. The van der Waals surface area contributed by atoms with E-state index < -0.39 is 0 Å². The Labute approximate surface area is 110 Å². The lowest BCUT2D eigenvalue weighted by atomic mass is 10.2. The van der Waals surface area contributed by atoms with Crippen molar-refractivity contribution in [3.05, 3.63) is 28.2 Å². The molecule has 0 unspecified atom stereocenters. The van der Waals surface area contributed by atoms with Crippen LogP contribution in [0, 0.1) is 0 Å². The van der Waals surface area contributed by atoms with Crippen LogP contribution in [-0.4, -0.2) is 37.5 Å². The Bertz CT molecular complexity index is 436. The summed E-state index contributed by atoms with van der Waals surface area (Å²) in [5.74, 6) is 0.158. The highest BCUT2D eigenvalue weighted by Gasteiger charge is 2.22. The SMILES string of the molecule is CN1CCN(c2ccc(CN)cc2Br)CC1=O. The number of carbonyl (C=O) groups excluding carboxylic acids is 1. The fourth-order valence-electron chi connectivity index (χ4n) is 1.90. The Morgan fingerprint density at radius 2 is 2.18 bits per heavy atom. The lowest BCUT2D eigenvalue weighted by Gasteiger charge is -2.34. The minimum Gasteiger partial charge on any atom is -0.360 e. The summed E-state index contributed by atoms with van der Waals surface area (Å²) < 4.78 is 0.998. The zero-order chi connectivity index (χ0) is 12.4. The van der Waals surface area contributed by atoms with Crippen LogP contribution >= 0.6 is 15.9 Å². The molecule has 1 amide bonds. The second-order valence-electron chi connectivity index (χ2n) is 4.23. The molecule has 1 aromatic carbocycles. The molecule has 17 heavy (non-hydrogen) atoms. The summed E-state index contributed by atoms with van der Waals surface area (Å²) in [5, 5.41) is 0. The van der Waals surface area contributed by atoms with Crippen LogP contribution < -0.4 is 10.6 Å². The number of nitrogens with two attached hydrogens (primary N) is 1. The van der Waals surface area contributed by atoms with Crippen LogP contribution in [0.5, 0.6) is 0 Å². The number of hydrogen-bond acceptors (Lipinski definition) is 3. The molecule has 1 aromatic rings. The highest BCUT2D eigenvalue weighted by Crippen LogP contribution is 2.28. The van der Waals surface area contributed by atoms with E-state index in [4.69, 9.17) is 5.73 Å². The van der Waals surface area contributed by atoms with Crippen LogP contribution in [0.2, 0.25) is 0 Å². The summed E-state index contributed by atoms with van der Waals surface area (Å²) in [4.78, 5) is 15.5. The second kappa shape index (κ2) is 5.06. The molecule has 1 saturated heterocycles. The molecule has 2 N–H and O–H groups in total. The van der Waals surface area contributed by atoms with Crippen LogP contribution in [-0.2, 0) is 11.3 Å². The molecule has 1 aliphatic heterocycles. The van der Waals surface area contributed by atoms with Crippen LogP contribution in [0.1, 0.15) is 5.56 Å². The maximum absolute atomic E-state index is 11.7. The van der Waals surface area contributed by atoms with Gasteiger partial charge in [-0.25, -0.2) is 0 Å². The molecule has 0 bridgehead atoms. The lowest BCUT2D eigenvalue weighted by molar-refractivity contribution is -0.129. The molecule has 0 radical (unpaired) electrons. The first-order chi connectivity index (χ1) is 8.11. The fraction of sp³-hybridized carbons (Fsp3) is 0.417. The van der Waals surface area contributed by atoms with Gasteiger partial charge in [-0.15, -0.1) is 0 Å². The Morgan fingerprint density at radius 1 is 1.41 bits per heavy atom. The number of benzene rings is 1. The third-order valence-corrected chi connectivity index (χ3v) is 3.68. The van der Waals surface area contributed by atoms with E-state index in [0.29, 0.717) is 13.1 Å². The molecular weight excluding hydrogens is 282 g/mol. The van der Waals surface area contributed by atoms with Crippen LogP contribution in [0.15, 0.2) is 22.7 Å². The standard InChI is InChI=1S/C12H16BrN3O/c1-15-4-5-16(8-12(15)17)11-3-2-9(7-14)6-10(11)13/h2-3,6H,4-5,7-8,14H2,1H3. The van der Waals surface area contributed by atoms with Gasteiger partial charge in [-0.05, 0) is 33.6 Å². The van der Waals surface area contributed by atoms with E-state index in [1.54, 1.807) is 4.90 Å². The van der Waals surface area contributed by atoms with Crippen molar-refractivity contribution >= 4 is 27.5 Å². The van der Waals surface area contributed by atoms with Crippen LogP contribution in [0.3, 0.4) is 0 Å². The molecular formula is C12H16BrN3O. The summed E-state index contributed by atoms with van der Waals surface area (Å²) >= 11 is 3.54. The molecule has 0 aromatic heterocycles. The number of rotatable bonds is 2. The third-order valence-electron chi connectivity index (χ3n) is 3.05. The molecule has 0 saturated carbocycles. The van der Waals surface area contributed by atoms with E-state index in [2.05, 4.69) is 20.8 Å². The Morgan fingerprint density at radius 3 is 2.76 bits per heavy atom. The number of carbonyl (C=O) groups is 1. The van der Waals surface area contributed by atoms with Gasteiger partial charge in [-0.2, -0.15) is 0 Å². The quantitative estimate of drug-likeness (QED) is 0.892. The molecule has 0 atom stereocenters. The van der Waals surface area contributed by atoms with E-state index >= 15 is 0 Å². The molecule has 1 fully saturated rings. The number of hydrogen-bond donors (Lipinski definition) is 1. The van der Waals surface area contributed by atoms with E-state index in [1.807, 2.05) is 25.2 Å². The molecule has 92 valence electrons. The first-order valence-corrected chi connectivity index (χ1v) is 6.38. The number of likely N-dealkylation sites (N-methyl/N-ethyl adjacent to an activating group) is 1. The van der Waals surface area contributed by atoms with E-state index in [-0.39, 0.29) is 5.91 Å². The van der Waals surface area contributed by atoms with Gasteiger partial charge in [-0.1, -0.05) is 6.07 Å². The zero-order valence-corrected chi connectivity index (χ0v) is 11.4. The van der Waals surface area contributed by atoms with Crippen molar-refractivity contribution in [2.24, 2.45) is 5.73 Å². The average Bonchev–Trinajstić information content (AvgIpc) is 2.32. The molecule has 1 heterocycles. The van der Waals surface area contributed by atoms with Crippen molar-refractivity contribution in [1.29, 1.82) is 0 Å². The fourth-order valence-corrected chi connectivity index (χ4v) is 2.57. The topological polar surface area (TPSA) is 49.6 Å². The zero-order valence-electron chi connectivity index (χ0n) is 9.82. The largest absolute Gasteiger partial charge is 0.360 e. The molecule has 1 aliphatic rings. The first kappa shape index (κ1) is 12.4. The molecule has 0 aliphatic carbocycles. The molecule has 2 rings (SSSR count). The average molecular weight is 298 g/mol. The Balaban J connectivity index is 2.20. The van der Waals surface area contributed by atoms with Gasteiger partial charge >= 0.3 is 0 Å². The number of halogens is 1. The predicted molar refractivity (Wildman–Crippen MR) is 71.9 cm³/mol. The van der Waals surface area contributed by atoms with Gasteiger partial charge in [0.05, 0.1) is 12.2 Å². The second-order valence-corrected chi connectivity index (χ2v) is 5.08. The Hall–Kier alpha value is -1.07. The van der Waals surface area contributed by atoms with E-state index in [9.17, 15) is 4.79 Å². The van der Waals surface area contributed by atoms with Crippen LogP contribution in [0.4, 0.5) is 5.69 Å². The minimum absolute atomic E-state index is 0.158. The van der Waals surface area contributed by atoms with Crippen molar-refractivity contribution in [3.8, 4) is 0 Å². The maximum atomic E-state index is 11.7. The van der Waals surface area contributed by atoms with Gasteiger partial charge in [-0.3, -0.25) is 4.79 Å². The van der Waals surface area contributed by atoms with Crippen molar-refractivity contribution in [2.45, 2.75) is 6.54 Å². The molecule has 0 spiro atoms. The summed E-state index contributed by atoms with van der Waals surface area (Å²) in [6.45, 7) is 2.60. The molecule has 4 nitrogen and oxygen atoms in total. The van der Waals surface area contributed by atoms with Gasteiger partial charge in [0, 0.05) is 31.2 Å². The minimum atomic E-state index is 0.158. The van der Waals surface area contributed by atoms with Gasteiger partial charge < -0.3 is 15.5 Å². The van der Waals surface area contributed by atoms with Crippen LogP contribution in [0.25, 0.3) is 0 Å². The summed E-state index contributed by atoms with van der Waals surface area (Å²) in [5.41, 5.74) is 7.74. The smallest absolute Gasteiger partial charge is 0.241 e. The Kier molecular flexibility index (Phi) is 3.69. The number of anilines is 1. The summed E-state index contributed by atoms with van der Waals surface area (Å²) in [6, 6.07) is 6.03. The van der Waals surface area contributed by atoms with Gasteiger partial charge in [0.1, 0.15) is 0 Å². The number of nitrogens with zero attached hydrogens (tertiary/aromatic N) is 2. The predicted octanol–water partition coefficient (Wildman–Crippen LogP) is 1.19. The highest BCUT2D eigenvalue weighted by molar-refractivity contribution is 9.10. The van der Waals surface area contributed by atoms with Crippen molar-refractivity contribution in [1.82, 2.24) is 4.90 Å². The molecule has 5 heteroatoms. The normalized spacial score (nSPS) is 16.5. The number of piperazine rings is 1. The monoisotopic (exact) mass is 297 g/mol. The third kappa shape index (κ3) is 2.61. The van der Waals surface area contributed by atoms with E-state index in [1.165, 1.54) is 0 Å². The lowest BCUT2D eigenvalue weighted by Crippen LogP contribution is -2.48. The van der Waals surface area contributed by atoms with Gasteiger partial charge in [0.25, 0.3) is 0 Å². The van der Waals surface area contributed by atoms with Gasteiger partial charge in [0.2, 0.25) is 5.91 Å². The van der Waals surface area contributed by atoms with Gasteiger partial charge in [0.15, 0.2) is 0 Å². The highest BCUT2D eigenvalue weighted by atomic mass is 79.9. The maximum Gasteiger partial charge on any atom is 0.241 e. The van der Waals surface area contributed by atoms with Crippen molar-refractivity contribution in [2.75, 3.05) is 31.6 Å². The number of amides is 1. The van der Waals surface area contributed by atoms with Crippen molar-refractivity contribution < 1.29 is 4.79 Å².